The molecule has 1 aromatic heterocycles. The quantitative estimate of drug-likeness (QED) is 0.872. The highest BCUT2D eigenvalue weighted by Crippen LogP contribution is 2.22. The van der Waals surface area contributed by atoms with Crippen LogP contribution in [0, 0.1) is 0 Å². The van der Waals surface area contributed by atoms with Crippen molar-refractivity contribution < 1.29 is 4.74 Å². The van der Waals surface area contributed by atoms with Gasteiger partial charge in [-0.05, 0) is 25.0 Å². The van der Waals surface area contributed by atoms with E-state index in [9.17, 15) is 0 Å². The number of aryl methyl sites for hydroxylation is 1. The summed E-state index contributed by atoms with van der Waals surface area (Å²) in [5.74, 6) is 1.94. The number of nitrogens with one attached hydrogen (secondary N) is 1. The van der Waals surface area contributed by atoms with E-state index in [0.29, 0.717) is 6.04 Å². The Balaban J connectivity index is 1.92. The van der Waals surface area contributed by atoms with Crippen LogP contribution in [-0.2, 0) is 13.6 Å². The summed E-state index contributed by atoms with van der Waals surface area (Å²) in [6.45, 7) is 0.845. The maximum Gasteiger partial charge on any atom is 0.123 e. The van der Waals surface area contributed by atoms with Crippen LogP contribution in [-0.4, -0.2) is 22.7 Å². The SMILES string of the molecule is COc1ccc2c(c1)nc(CNC1CC1)n2C. The van der Waals surface area contributed by atoms with Crippen molar-refractivity contribution in [3.63, 3.8) is 0 Å². The molecule has 3 rings (SSSR count). The summed E-state index contributed by atoms with van der Waals surface area (Å²) in [5, 5.41) is 3.49. The van der Waals surface area contributed by atoms with Crippen molar-refractivity contribution in [3.8, 4) is 5.75 Å². The van der Waals surface area contributed by atoms with Gasteiger partial charge in [0.25, 0.3) is 0 Å². The summed E-state index contributed by atoms with van der Waals surface area (Å²) < 4.78 is 7.36. The lowest BCUT2D eigenvalue weighted by atomic mass is 10.3. The molecule has 1 aliphatic carbocycles. The van der Waals surface area contributed by atoms with Gasteiger partial charge in [0.15, 0.2) is 0 Å². The normalized spacial score (nSPS) is 15.4. The molecule has 1 aliphatic rings. The number of imidazole rings is 1. The summed E-state index contributed by atoms with van der Waals surface area (Å²) >= 11 is 0. The van der Waals surface area contributed by atoms with E-state index in [1.807, 2.05) is 12.1 Å². The topological polar surface area (TPSA) is 39.1 Å². The lowest BCUT2D eigenvalue weighted by molar-refractivity contribution is 0.415. The van der Waals surface area contributed by atoms with E-state index in [1.54, 1.807) is 7.11 Å². The van der Waals surface area contributed by atoms with Crippen LogP contribution < -0.4 is 10.1 Å². The molecule has 17 heavy (non-hydrogen) atoms. The van der Waals surface area contributed by atoms with Gasteiger partial charge in [0, 0.05) is 19.2 Å². The van der Waals surface area contributed by atoms with Crippen LogP contribution in [0.5, 0.6) is 5.75 Å². The predicted molar refractivity (Wildman–Crippen MR) is 67.1 cm³/mol. The molecule has 90 valence electrons. The Labute approximate surface area is 101 Å². The molecule has 0 atom stereocenters. The molecule has 1 N–H and O–H groups in total. The largest absolute Gasteiger partial charge is 0.497 e. The van der Waals surface area contributed by atoms with Gasteiger partial charge in [-0.25, -0.2) is 4.98 Å². The van der Waals surface area contributed by atoms with Gasteiger partial charge in [0.1, 0.15) is 11.6 Å². The lowest BCUT2D eigenvalue weighted by Gasteiger charge is -2.03. The molecule has 2 aromatic rings. The molecule has 1 fully saturated rings. The summed E-state index contributed by atoms with van der Waals surface area (Å²) in [7, 11) is 3.74. The number of benzene rings is 1. The first-order valence-corrected chi connectivity index (χ1v) is 6.00. The first-order chi connectivity index (χ1) is 8.28. The highest BCUT2D eigenvalue weighted by Gasteiger charge is 2.21. The second-order valence-electron chi connectivity index (χ2n) is 4.60. The second kappa shape index (κ2) is 4.04. The number of hydrogen-bond donors (Lipinski definition) is 1. The van der Waals surface area contributed by atoms with Crippen LogP contribution in [0.1, 0.15) is 18.7 Å². The molecule has 0 radical (unpaired) electrons. The van der Waals surface area contributed by atoms with Crippen LogP contribution >= 0.6 is 0 Å². The van der Waals surface area contributed by atoms with Crippen LogP contribution in [0.15, 0.2) is 18.2 Å². The van der Waals surface area contributed by atoms with E-state index in [0.717, 1.165) is 29.2 Å². The van der Waals surface area contributed by atoms with Gasteiger partial charge in [-0.1, -0.05) is 0 Å². The number of aromatic nitrogens is 2. The average Bonchev–Trinajstić information content (AvgIpc) is 3.12. The molecule has 0 saturated heterocycles. The molecule has 0 amide bonds. The van der Waals surface area contributed by atoms with Crippen LogP contribution in [0.25, 0.3) is 11.0 Å². The highest BCUT2D eigenvalue weighted by atomic mass is 16.5. The molecular weight excluding hydrogens is 214 g/mol. The number of fused-ring (bicyclic) bond motifs is 1. The number of hydrogen-bond acceptors (Lipinski definition) is 3. The Morgan fingerprint density at radius 2 is 2.29 bits per heavy atom. The van der Waals surface area contributed by atoms with Crippen LogP contribution in [0.3, 0.4) is 0 Å². The first-order valence-electron chi connectivity index (χ1n) is 6.00. The molecule has 4 heteroatoms. The molecule has 1 saturated carbocycles. The number of rotatable bonds is 4. The third kappa shape index (κ3) is 2.00. The number of methoxy groups -OCH3 is 1. The van der Waals surface area contributed by atoms with Crippen LogP contribution in [0.2, 0.25) is 0 Å². The number of nitrogens with zero attached hydrogens (tertiary/aromatic N) is 2. The minimum atomic E-state index is 0.712. The Kier molecular flexibility index (Phi) is 2.52. The van der Waals surface area contributed by atoms with Gasteiger partial charge in [-0.15, -0.1) is 0 Å². The Morgan fingerprint density at radius 3 is 3.00 bits per heavy atom. The maximum atomic E-state index is 5.21. The maximum absolute atomic E-state index is 5.21. The fourth-order valence-electron chi connectivity index (χ4n) is 2.04. The van der Waals surface area contributed by atoms with Crippen molar-refractivity contribution in [1.29, 1.82) is 0 Å². The Morgan fingerprint density at radius 1 is 1.47 bits per heavy atom. The van der Waals surface area contributed by atoms with E-state index in [-0.39, 0.29) is 0 Å². The fraction of sp³-hybridized carbons (Fsp3) is 0.462. The summed E-state index contributed by atoms with van der Waals surface area (Å²) in [6.07, 6.45) is 2.61. The van der Waals surface area contributed by atoms with Crippen molar-refractivity contribution in [2.24, 2.45) is 7.05 Å². The second-order valence-corrected chi connectivity index (χ2v) is 4.60. The molecule has 0 spiro atoms. The zero-order valence-electron chi connectivity index (χ0n) is 10.2. The Bertz CT molecular complexity index is 543. The molecule has 0 bridgehead atoms. The minimum Gasteiger partial charge on any atom is -0.497 e. The van der Waals surface area contributed by atoms with Gasteiger partial charge in [-0.3, -0.25) is 0 Å². The zero-order chi connectivity index (χ0) is 11.8. The lowest BCUT2D eigenvalue weighted by Crippen LogP contribution is -2.18. The molecule has 1 aromatic carbocycles. The van der Waals surface area contributed by atoms with Gasteiger partial charge >= 0.3 is 0 Å². The molecular formula is C13H17N3O. The van der Waals surface area contributed by atoms with Gasteiger partial charge in [0.05, 0.1) is 24.7 Å². The summed E-state index contributed by atoms with van der Waals surface area (Å²) in [6, 6.07) is 6.73. The van der Waals surface area contributed by atoms with Gasteiger partial charge in [0.2, 0.25) is 0 Å². The van der Waals surface area contributed by atoms with Crippen molar-refractivity contribution in [2.45, 2.75) is 25.4 Å². The van der Waals surface area contributed by atoms with E-state index >= 15 is 0 Å². The third-order valence-electron chi connectivity index (χ3n) is 3.31. The summed E-state index contributed by atoms with van der Waals surface area (Å²) in [5.41, 5.74) is 2.15. The fourth-order valence-corrected chi connectivity index (χ4v) is 2.04. The average molecular weight is 231 g/mol. The standard InChI is InChI=1S/C13H17N3O/c1-16-12-6-5-10(17-2)7-11(12)15-13(16)8-14-9-3-4-9/h5-7,9,14H,3-4,8H2,1-2H3. The van der Waals surface area contributed by atoms with E-state index < -0.39 is 0 Å². The summed E-state index contributed by atoms with van der Waals surface area (Å²) in [4.78, 5) is 4.64. The minimum absolute atomic E-state index is 0.712. The van der Waals surface area contributed by atoms with E-state index in [4.69, 9.17) is 4.74 Å². The van der Waals surface area contributed by atoms with Gasteiger partial charge in [-0.2, -0.15) is 0 Å². The highest BCUT2D eigenvalue weighted by molar-refractivity contribution is 5.77. The Hall–Kier alpha value is -1.55. The molecule has 4 nitrogen and oxygen atoms in total. The number of ether oxygens (including phenoxy) is 1. The van der Waals surface area contributed by atoms with E-state index in [1.165, 1.54) is 12.8 Å². The van der Waals surface area contributed by atoms with Crippen molar-refractivity contribution >= 4 is 11.0 Å². The molecule has 1 heterocycles. The molecule has 0 unspecified atom stereocenters. The van der Waals surface area contributed by atoms with Crippen molar-refractivity contribution in [1.82, 2.24) is 14.9 Å². The van der Waals surface area contributed by atoms with Crippen molar-refractivity contribution in [3.05, 3.63) is 24.0 Å². The van der Waals surface area contributed by atoms with Gasteiger partial charge < -0.3 is 14.6 Å². The predicted octanol–water partition coefficient (Wildman–Crippen LogP) is 1.83. The first kappa shape index (κ1) is 10.6. The monoisotopic (exact) mass is 231 g/mol. The van der Waals surface area contributed by atoms with Crippen LogP contribution in [0.4, 0.5) is 0 Å². The van der Waals surface area contributed by atoms with E-state index in [2.05, 4.69) is 28.0 Å². The third-order valence-corrected chi connectivity index (χ3v) is 3.31. The molecule has 0 aliphatic heterocycles. The smallest absolute Gasteiger partial charge is 0.123 e. The zero-order valence-corrected chi connectivity index (χ0v) is 10.2. The van der Waals surface area contributed by atoms with Crippen molar-refractivity contribution in [2.75, 3.05) is 7.11 Å².